The van der Waals surface area contributed by atoms with E-state index >= 15 is 0 Å². The maximum absolute atomic E-state index is 12.5. The third kappa shape index (κ3) is 5.65. The van der Waals surface area contributed by atoms with Gasteiger partial charge in [0.1, 0.15) is 0 Å². The van der Waals surface area contributed by atoms with Gasteiger partial charge in [-0.1, -0.05) is 6.92 Å². The molecule has 25 heavy (non-hydrogen) atoms. The fraction of sp³-hybridized carbons (Fsp3) is 0.529. The lowest BCUT2D eigenvalue weighted by atomic mass is 10.00. The highest BCUT2D eigenvalue weighted by Gasteiger charge is 2.30. The Morgan fingerprint density at radius 1 is 1.28 bits per heavy atom. The largest absolute Gasteiger partial charge is 0.416 e. The molecule has 1 saturated heterocycles. The van der Waals surface area contributed by atoms with Crippen molar-refractivity contribution >= 4 is 11.9 Å². The van der Waals surface area contributed by atoms with Gasteiger partial charge in [0.05, 0.1) is 12.1 Å². The number of halogens is 3. The second kappa shape index (κ2) is 8.22. The molecule has 0 saturated carbocycles. The first-order valence-corrected chi connectivity index (χ1v) is 8.27. The van der Waals surface area contributed by atoms with Crippen molar-refractivity contribution in [2.75, 3.05) is 26.2 Å². The minimum absolute atomic E-state index is 0.176. The van der Waals surface area contributed by atoms with Gasteiger partial charge < -0.3 is 16.0 Å². The zero-order valence-corrected chi connectivity index (χ0v) is 14.1. The van der Waals surface area contributed by atoms with Gasteiger partial charge in [0, 0.05) is 25.2 Å². The first-order valence-electron chi connectivity index (χ1n) is 8.27. The summed E-state index contributed by atoms with van der Waals surface area (Å²) in [7, 11) is 0. The summed E-state index contributed by atoms with van der Waals surface area (Å²) in [4.78, 5) is 18.2. The number of aliphatic imine (C=N–C) groups is 1. The van der Waals surface area contributed by atoms with Gasteiger partial charge in [-0.05, 0) is 43.0 Å². The normalized spacial score (nSPS) is 16.8. The van der Waals surface area contributed by atoms with Crippen LogP contribution in [-0.4, -0.2) is 42.9 Å². The maximum Gasteiger partial charge on any atom is 0.416 e. The molecular formula is C17H23F3N4O. The van der Waals surface area contributed by atoms with Gasteiger partial charge in [-0.2, -0.15) is 13.2 Å². The van der Waals surface area contributed by atoms with Gasteiger partial charge in [0.25, 0.3) is 5.91 Å². The highest BCUT2D eigenvalue weighted by molar-refractivity contribution is 5.94. The molecule has 1 aromatic carbocycles. The average molecular weight is 356 g/mol. The quantitative estimate of drug-likeness (QED) is 0.495. The number of nitrogens with zero attached hydrogens (tertiary/aromatic N) is 2. The van der Waals surface area contributed by atoms with E-state index in [-0.39, 0.29) is 12.1 Å². The Kier molecular flexibility index (Phi) is 6.27. The number of guanidine groups is 1. The zero-order chi connectivity index (χ0) is 18.4. The van der Waals surface area contributed by atoms with Gasteiger partial charge in [0.2, 0.25) is 0 Å². The van der Waals surface area contributed by atoms with Gasteiger partial charge >= 0.3 is 6.18 Å². The van der Waals surface area contributed by atoms with E-state index in [1.54, 1.807) is 0 Å². The summed E-state index contributed by atoms with van der Waals surface area (Å²) >= 11 is 0. The number of likely N-dealkylation sites (tertiary alicyclic amines) is 1. The Labute approximate surface area is 145 Å². The monoisotopic (exact) mass is 356 g/mol. The van der Waals surface area contributed by atoms with E-state index in [1.807, 2.05) is 4.90 Å². The van der Waals surface area contributed by atoms with Crippen LogP contribution >= 0.6 is 0 Å². The van der Waals surface area contributed by atoms with E-state index in [4.69, 9.17) is 5.73 Å². The van der Waals surface area contributed by atoms with Crippen molar-refractivity contribution in [1.29, 1.82) is 0 Å². The van der Waals surface area contributed by atoms with E-state index in [0.717, 1.165) is 50.2 Å². The number of nitrogens with one attached hydrogen (secondary N) is 1. The summed E-state index contributed by atoms with van der Waals surface area (Å²) in [5, 5.41) is 2.62. The molecule has 2 rings (SSSR count). The average Bonchev–Trinajstić information content (AvgIpc) is 2.58. The lowest BCUT2D eigenvalue weighted by Gasteiger charge is -2.31. The van der Waals surface area contributed by atoms with Crippen LogP contribution in [0.5, 0.6) is 0 Å². The molecule has 1 aromatic rings. The summed E-state index contributed by atoms with van der Waals surface area (Å²) in [6, 6.07) is 4.10. The van der Waals surface area contributed by atoms with Crippen molar-refractivity contribution in [3.8, 4) is 0 Å². The number of hydrogen-bond donors (Lipinski definition) is 2. The number of nitrogens with two attached hydrogens (primary N) is 1. The summed E-state index contributed by atoms with van der Waals surface area (Å²) in [6.07, 6.45) is -2.24. The van der Waals surface area contributed by atoms with Crippen molar-refractivity contribution in [1.82, 2.24) is 10.2 Å². The third-order valence-corrected chi connectivity index (χ3v) is 4.25. The molecule has 0 bridgehead atoms. The molecule has 138 valence electrons. The van der Waals surface area contributed by atoms with Crippen LogP contribution in [0.25, 0.3) is 0 Å². The number of hydrogen-bond acceptors (Lipinski definition) is 2. The topological polar surface area (TPSA) is 70.7 Å². The number of carbonyl (C=O) groups is 1. The first kappa shape index (κ1) is 19.1. The highest BCUT2D eigenvalue weighted by Crippen LogP contribution is 2.29. The Morgan fingerprint density at radius 3 is 2.44 bits per heavy atom. The van der Waals surface area contributed by atoms with E-state index in [9.17, 15) is 18.0 Å². The van der Waals surface area contributed by atoms with Crippen molar-refractivity contribution in [3.05, 3.63) is 35.4 Å². The molecule has 5 nitrogen and oxygen atoms in total. The van der Waals surface area contributed by atoms with Gasteiger partial charge in [-0.15, -0.1) is 0 Å². The Bertz CT molecular complexity index is 605. The molecule has 0 spiro atoms. The zero-order valence-electron chi connectivity index (χ0n) is 14.1. The smallest absolute Gasteiger partial charge is 0.370 e. The lowest BCUT2D eigenvalue weighted by molar-refractivity contribution is -0.137. The molecule has 1 amide bonds. The lowest BCUT2D eigenvalue weighted by Crippen LogP contribution is -2.42. The molecule has 1 aliphatic rings. The molecule has 0 radical (unpaired) electrons. The first-order chi connectivity index (χ1) is 11.8. The number of carbonyl (C=O) groups excluding carboxylic acids is 1. The van der Waals surface area contributed by atoms with Crippen LogP contribution < -0.4 is 11.1 Å². The minimum atomic E-state index is -4.41. The second-order valence-electron chi connectivity index (χ2n) is 6.24. The SMILES string of the molecule is CC1CCN(C(N)=NCCNC(=O)c2ccc(C(F)(F)F)cc2)CC1. The second-order valence-corrected chi connectivity index (χ2v) is 6.24. The number of amides is 1. The Hall–Kier alpha value is -2.25. The van der Waals surface area contributed by atoms with Gasteiger partial charge in [0.15, 0.2) is 5.96 Å². The molecule has 1 aliphatic heterocycles. The predicted molar refractivity (Wildman–Crippen MR) is 90.2 cm³/mol. The number of piperidine rings is 1. The van der Waals surface area contributed by atoms with Crippen LogP contribution in [-0.2, 0) is 6.18 Å². The Morgan fingerprint density at radius 2 is 1.88 bits per heavy atom. The summed E-state index contributed by atoms with van der Waals surface area (Å²) in [6.45, 7) is 4.57. The van der Waals surface area contributed by atoms with Crippen molar-refractivity contribution < 1.29 is 18.0 Å². The molecule has 1 heterocycles. The molecule has 3 N–H and O–H groups in total. The van der Waals surface area contributed by atoms with Gasteiger partial charge in [-0.3, -0.25) is 9.79 Å². The molecular weight excluding hydrogens is 333 g/mol. The van der Waals surface area contributed by atoms with E-state index in [1.165, 1.54) is 0 Å². The molecule has 0 aromatic heterocycles. The molecule has 1 fully saturated rings. The Balaban J connectivity index is 1.77. The standard InChI is InChI=1S/C17H23F3N4O/c1-12-6-10-24(11-7-12)16(21)23-9-8-22-15(25)13-2-4-14(5-3-13)17(18,19)20/h2-5,12H,6-11H2,1H3,(H2,21,23)(H,22,25). The minimum Gasteiger partial charge on any atom is -0.370 e. The molecule has 0 unspecified atom stereocenters. The number of rotatable bonds is 4. The van der Waals surface area contributed by atoms with Crippen molar-refractivity contribution in [2.24, 2.45) is 16.6 Å². The van der Waals surface area contributed by atoms with Crippen LogP contribution in [0, 0.1) is 5.92 Å². The van der Waals surface area contributed by atoms with Crippen LogP contribution in [0.3, 0.4) is 0 Å². The number of alkyl halides is 3. The van der Waals surface area contributed by atoms with E-state index in [2.05, 4.69) is 17.2 Å². The van der Waals surface area contributed by atoms with Crippen LogP contribution in [0.15, 0.2) is 29.3 Å². The predicted octanol–water partition coefficient (Wildman–Crippen LogP) is 2.48. The van der Waals surface area contributed by atoms with E-state index in [0.29, 0.717) is 18.4 Å². The third-order valence-electron chi connectivity index (χ3n) is 4.25. The van der Waals surface area contributed by atoms with Crippen molar-refractivity contribution in [3.63, 3.8) is 0 Å². The summed E-state index contributed by atoms with van der Waals surface area (Å²) in [5.74, 6) is 0.733. The molecule has 8 heteroatoms. The van der Waals surface area contributed by atoms with Crippen molar-refractivity contribution in [2.45, 2.75) is 25.9 Å². The molecule has 0 aliphatic carbocycles. The fourth-order valence-corrected chi connectivity index (χ4v) is 2.59. The van der Waals surface area contributed by atoms with E-state index < -0.39 is 17.6 Å². The highest BCUT2D eigenvalue weighted by atomic mass is 19.4. The summed E-state index contributed by atoms with van der Waals surface area (Å²) in [5.41, 5.74) is 5.33. The fourth-order valence-electron chi connectivity index (χ4n) is 2.59. The van der Waals surface area contributed by atoms with Gasteiger partial charge in [-0.25, -0.2) is 0 Å². The van der Waals surface area contributed by atoms with Crippen LogP contribution in [0.2, 0.25) is 0 Å². The maximum atomic E-state index is 12.5. The summed E-state index contributed by atoms with van der Waals surface area (Å²) < 4.78 is 37.5. The molecule has 0 atom stereocenters. The number of benzene rings is 1. The van der Waals surface area contributed by atoms with Crippen LogP contribution in [0.4, 0.5) is 13.2 Å². The van der Waals surface area contributed by atoms with Crippen LogP contribution in [0.1, 0.15) is 35.7 Å².